The molecule has 4 nitrogen and oxygen atoms in total. The van der Waals surface area contributed by atoms with Crippen molar-refractivity contribution in [2.24, 2.45) is 0 Å². The van der Waals surface area contributed by atoms with Gasteiger partial charge in [0.2, 0.25) is 0 Å². The molecule has 1 aliphatic heterocycles. The largest absolute Gasteiger partial charge is 0.370 e. The van der Waals surface area contributed by atoms with Crippen molar-refractivity contribution in [3.05, 3.63) is 71.5 Å². The molecule has 2 aliphatic rings. The van der Waals surface area contributed by atoms with Crippen LogP contribution in [0.5, 0.6) is 0 Å². The summed E-state index contributed by atoms with van der Waals surface area (Å²) in [5, 5.41) is 3.21. The van der Waals surface area contributed by atoms with E-state index >= 15 is 0 Å². The monoisotopic (exact) mass is 382 g/mol. The molecule has 0 radical (unpaired) electrons. The number of hydrogen-bond donors (Lipinski definition) is 1. The molecule has 148 valence electrons. The van der Waals surface area contributed by atoms with Crippen molar-refractivity contribution in [2.75, 3.05) is 19.7 Å². The first-order valence-electron chi connectivity index (χ1n) is 10.2. The second-order valence-corrected chi connectivity index (χ2v) is 7.77. The third-order valence-corrected chi connectivity index (χ3v) is 5.92. The Morgan fingerprint density at radius 3 is 2.39 bits per heavy atom. The van der Waals surface area contributed by atoms with Crippen LogP contribution in [0, 0.1) is 5.82 Å². The second-order valence-electron chi connectivity index (χ2n) is 7.77. The van der Waals surface area contributed by atoms with Crippen LogP contribution < -0.4 is 5.32 Å². The lowest BCUT2D eigenvalue weighted by Gasteiger charge is -2.35. The molecule has 1 aliphatic carbocycles. The van der Waals surface area contributed by atoms with E-state index in [2.05, 4.69) is 35.6 Å². The molecule has 0 aromatic heterocycles. The Balaban J connectivity index is 1.28. The van der Waals surface area contributed by atoms with Crippen LogP contribution in [0.4, 0.5) is 9.18 Å². The highest BCUT2D eigenvalue weighted by Crippen LogP contribution is 2.33. The lowest BCUT2D eigenvalue weighted by Crippen LogP contribution is -2.50. The van der Waals surface area contributed by atoms with Crippen LogP contribution in [-0.2, 0) is 4.74 Å². The smallest absolute Gasteiger partial charge is 0.317 e. The van der Waals surface area contributed by atoms with E-state index in [9.17, 15) is 9.18 Å². The Hall–Kier alpha value is -2.40. The number of nitrogens with one attached hydrogen (secondary N) is 1. The summed E-state index contributed by atoms with van der Waals surface area (Å²) in [7, 11) is 0. The van der Waals surface area contributed by atoms with Crippen LogP contribution in [0.3, 0.4) is 0 Å². The summed E-state index contributed by atoms with van der Waals surface area (Å²) in [6.07, 6.45) is 4.04. The topological polar surface area (TPSA) is 41.6 Å². The van der Waals surface area contributed by atoms with Crippen molar-refractivity contribution < 1.29 is 13.9 Å². The molecule has 0 bridgehead atoms. The van der Waals surface area contributed by atoms with Crippen molar-refractivity contribution in [3.8, 4) is 0 Å². The van der Waals surface area contributed by atoms with Crippen LogP contribution in [0.1, 0.15) is 48.8 Å². The number of carbonyl (C=O) groups is 1. The van der Waals surface area contributed by atoms with E-state index in [0.29, 0.717) is 25.6 Å². The van der Waals surface area contributed by atoms with Crippen LogP contribution in [0.2, 0.25) is 0 Å². The van der Waals surface area contributed by atoms with Gasteiger partial charge < -0.3 is 15.0 Å². The highest BCUT2D eigenvalue weighted by Gasteiger charge is 2.28. The van der Waals surface area contributed by atoms with Crippen molar-refractivity contribution in [2.45, 2.75) is 43.7 Å². The Kier molecular flexibility index (Phi) is 5.91. The Morgan fingerprint density at radius 2 is 1.68 bits per heavy atom. The summed E-state index contributed by atoms with van der Waals surface area (Å²) in [5.74, 6) is 0.334. The third-order valence-electron chi connectivity index (χ3n) is 5.92. The minimum Gasteiger partial charge on any atom is -0.370 e. The Bertz CT molecular complexity index is 773. The number of nitrogens with zero attached hydrogens (tertiary/aromatic N) is 1. The zero-order valence-electron chi connectivity index (χ0n) is 16.0. The van der Waals surface area contributed by atoms with Gasteiger partial charge in [-0.25, -0.2) is 9.18 Å². The maximum atomic E-state index is 13.1. The quantitative estimate of drug-likeness (QED) is 0.841. The Labute approximate surface area is 165 Å². The van der Waals surface area contributed by atoms with Crippen LogP contribution in [-0.4, -0.2) is 36.7 Å². The molecular formula is C23H27FN2O2. The van der Waals surface area contributed by atoms with Crippen LogP contribution >= 0.6 is 0 Å². The maximum Gasteiger partial charge on any atom is 0.317 e. The summed E-state index contributed by atoms with van der Waals surface area (Å²) in [6.45, 7) is 1.58. The second kappa shape index (κ2) is 8.74. The molecule has 2 aromatic rings. The summed E-state index contributed by atoms with van der Waals surface area (Å²) >= 11 is 0. The minimum atomic E-state index is -0.264. The highest BCUT2D eigenvalue weighted by molar-refractivity contribution is 5.74. The van der Waals surface area contributed by atoms with Crippen molar-refractivity contribution in [1.29, 1.82) is 0 Å². The normalized spacial score (nSPS) is 25.3. The third kappa shape index (κ3) is 4.53. The lowest BCUT2D eigenvalue weighted by atomic mass is 9.82. The molecule has 2 amide bonds. The van der Waals surface area contributed by atoms with Crippen LogP contribution in [0.25, 0.3) is 0 Å². The molecule has 1 atom stereocenters. The summed E-state index contributed by atoms with van der Waals surface area (Å²) in [5.41, 5.74) is 2.31. The van der Waals surface area contributed by atoms with Gasteiger partial charge in [0, 0.05) is 12.6 Å². The van der Waals surface area contributed by atoms with Gasteiger partial charge in [0.05, 0.1) is 13.2 Å². The SMILES string of the molecule is O=C(NC1CCC(c2ccccc2)CC1)N1CCO[C@H](c2ccc(F)cc2)C1. The fourth-order valence-corrected chi connectivity index (χ4v) is 4.28. The summed E-state index contributed by atoms with van der Waals surface area (Å²) in [6, 6.07) is 17.2. The molecule has 2 fully saturated rings. The maximum absolute atomic E-state index is 13.1. The average Bonchev–Trinajstić information content (AvgIpc) is 2.75. The molecule has 1 N–H and O–H groups in total. The van der Waals surface area contributed by atoms with Gasteiger partial charge in [0.25, 0.3) is 0 Å². The Morgan fingerprint density at radius 1 is 0.964 bits per heavy atom. The minimum absolute atomic E-state index is 0.0152. The molecule has 5 heteroatoms. The number of morpholine rings is 1. The first kappa shape index (κ1) is 18.9. The molecular weight excluding hydrogens is 355 g/mol. The lowest BCUT2D eigenvalue weighted by molar-refractivity contribution is -0.0159. The van der Waals surface area contributed by atoms with E-state index in [1.807, 2.05) is 4.90 Å². The van der Waals surface area contributed by atoms with Gasteiger partial charge in [0.15, 0.2) is 0 Å². The van der Waals surface area contributed by atoms with Crippen molar-refractivity contribution in [1.82, 2.24) is 10.2 Å². The number of ether oxygens (including phenoxy) is 1. The predicted octanol–water partition coefficient (Wildman–Crippen LogP) is 4.64. The van der Waals surface area contributed by atoms with Crippen LogP contribution in [0.15, 0.2) is 54.6 Å². The van der Waals surface area contributed by atoms with E-state index in [0.717, 1.165) is 31.2 Å². The molecule has 4 rings (SSSR count). The summed E-state index contributed by atoms with van der Waals surface area (Å²) < 4.78 is 18.9. The van der Waals surface area contributed by atoms with Gasteiger partial charge in [-0.15, -0.1) is 0 Å². The van der Waals surface area contributed by atoms with Crippen molar-refractivity contribution >= 4 is 6.03 Å². The molecule has 1 saturated heterocycles. The van der Waals surface area contributed by atoms with E-state index in [1.54, 1.807) is 12.1 Å². The number of amides is 2. The number of hydrogen-bond acceptors (Lipinski definition) is 2. The number of rotatable bonds is 3. The van der Waals surface area contributed by atoms with E-state index < -0.39 is 0 Å². The number of halogens is 1. The molecule has 2 aromatic carbocycles. The number of benzene rings is 2. The molecule has 0 unspecified atom stereocenters. The fourth-order valence-electron chi connectivity index (χ4n) is 4.28. The number of carbonyl (C=O) groups excluding carboxylic acids is 1. The molecule has 1 saturated carbocycles. The summed E-state index contributed by atoms with van der Waals surface area (Å²) in [4.78, 5) is 14.6. The molecule has 28 heavy (non-hydrogen) atoms. The van der Waals surface area contributed by atoms with E-state index in [4.69, 9.17) is 4.74 Å². The van der Waals surface area contributed by atoms with E-state index in [1.165, 1.54) is 17.7 Å². The fraction of sp³-hybridized carbons (Fsp3) is 0.435. The first-order valence-corrected chi connectivity index (χ1v) is 10.2. The highest BCUT2D eigenvalue weighted by atomic mass is 19.1. The van der Waals surface area contributed by atoms with Gasteiger partial charge in [-0.3, -0.25) is 0 Å². The standard InChI is InChI=1S/C23H27FN2O2/c24-20-10-6-19(7-11-20)22-16-26(14-15-28-22)23(27)25-21-12-8-18(9-13-21)17-4-2-1-3-5-17/h1-7,10-11,18,21-22H,8-9,12-16H2,(H,25,27)/t18?,21?,22-/m0/s1. The van der Waals surface area contributed by atoms with Gasteiger partial charge in [-0.1, -0.05) is 42.5 Å². The average molecular weight is 382 g/mol. The molecule has 0 spiro atoms. The number of urea groups is 1. The first-order chi connectivity index (χ1) is 13.7. The van der Waals surface area contributed by atoms with Gasteiger partial charge >= 0.3 is 6.03 Å². The zero-order valence-corrected chi connectivity index (χ0v) is 16.0. The van der Waals surface area contributed by atoms with Crippen molar-refractivity contribution in [3.63, 3.8) is 0 Å². The zero-order chi connectivity index (χ0) is 19.3. The van der Waals surface area contributed by atoms with E-state index in [-0.39, 0.29) is 24.0 Å². The predicted molar refractivity (Wildman–Crippen MR) is 107 cm³/mol. The van der Waals surface area contributed by atoms with Gasteiger partial charge in [0.1, 0.15) is 11.9 Å². The van der Waals surface area contributed by atoms with Gasteiger partial charge in [-0.2, -0.15) is 0 Å². The van der Waals surface area contributed by atoms with Gasteiger partial charge in [-0.05, 0) is 54.9 Å². The molecule has 1 heterocycles.